The third kappa shape index (κ3) is 5.25. The fourth-order valence-corrected chi connectivity index (χ4v) is 2.43. The standard InChI is InChI=1S/C17H25N3O6/c1-3-17(19,15(24)12(18)8-14(22)23)16(25)20-13(9-26-2)10-4-6-11(21)7-5-10/h4-7,12-13,21H,3,8-9,18-19H2,1-2H3,(H,20,25)(H,22,23)/t12-,13-,17?/m0/s1/i/hD. The van der Waals surface area contributed by atoms with E-state index in [0.717, 1.165) is 0 Å². The van der Waals surface area contributed by atoms with Crippen molar-refractivity contribution in [3.05, 3.63) is 29.8 Å². The number of aliphatic carboxylic acids is 1. The number of rotatable bonds is 10. The van der Waals surface area contributed by atoms with E-state index in [2.05, 4.69) is 10.4 Å². The van der Waals surface area contributed by atoms with E-state index >= 15 is 0 Å². The van der Waals surface area contributed by atoms with E-state index in [9.17, 15) is 19.5 Å². The number of carboxylic acids is 1. The maximum absolute atomic E-state index is 12.8. The molecule has 0 aliphatic heterocycles. The van der Waals surface area contributed by atoms with Crippen LogP contribution in [0.4, 0.5) is 0 Å². The minimum absolute atomic E-state index is 0.0590. The number of carbonyl (C=O) groups excluding carboxylic acids is 2. The van der Waals surface area contributed by atoms with E-state index < -0.39 is 41.7 Å². The Labute approximate surface area is 152 Å². The monoisotopic (exact) mass is 368 g/mol. The van der Waals surface area contributed by atoms with Gasteiger partial charge in [-0.1, -0.05) is 19.1 Å². The van der Waals surface area contributed by atoms with Crippen molar-refractivity contribution in [2.75, 3.05) is 13.7 Å². The number of nitrogens with two attached hydrogens (primary N) is 2. The molecule has 0 bridgehead atoms. The van der Waals surface area contributed by atoms with Crippen molar-refractivity contribution in [1.29, 1.82) is 1.43 Å². The Morgan fingerprint density at radius 1 is 1.35 bits per heavy atom. The lowest BCUT2D eigenvalue weighted by Gasteiger charge is -2.30. The zero-order chi connectivity index (χ0) is 20.6. The van der Waals surface area contributed by atoms with Gasteiger partial charge in [0.05, 0.1) is 25.1 Å². The van der Waals surface area contributed by atoms with Crippen LogP contribution in [0.2, 0.25) is 0 Å². The first kappa shape index (κ1) is 19.8. The van der Waals surface area contributed by atoms with Crippen molar-refractivity contribution in [2.45, 2.75) is 37.4 Å². The zero-order valence-corrected chi connectivity index (χ0v) is 14.7. The van der Waals surface area contributed by atoms with Gasteiger partial charge in [-0.05, 0) is 24.1 Å². The number of nitrogens with one attached hydrogen (secondary N) is 1. The average molecular weight is 368 g/mol. The smallest absolute Gasteiger partial charge is 0.305 e. The molecule has 26 heavy (non-hydrogen) atoms. The van der Waals surface area contributed by atoms with Crippen LogP contribution < -0.4 is 16.8 Å². The number of aromatic hydroxyl groups is 1. The normalized spacial score (nSPS) is 15.9. The second kappa shape index (κ2) is 9.27. The molecule has 0 spiro atoms. The number of hydrogen-bond donors (Lipinski definition) is 5. The van der Waals surface area contributed by atoms with Crippen molar-refractivity contribution in [1.82, 2.24) is 5.32 Å². The number of carbonyl (C=O) groups is 3. The van der Waals surface area contributed by atoms with Gasteiger partial charge in [-0.3, -0.25) is 14.4 Å². The lowest BCUT2D eigenvalue weighted by atomic mass is 9.85. The van der Waals surface area contributed by atoms with Gasteiger partial charge in [0, 0.05) is 7.11 Å². The number of carboxylic acid groups (broad SMARTS) is 1. The summed E-state index contributed by atoms with van der Waals surface area (Å²) in [6, 6.07) is 4.09. The van der Waals surface area contributed by atoms with E-state index in [1.165, 1.54) is 19.2 Å². The third-order valence-corrected chi connectivity index (χ3v) is 4.06. The van der Waals surface area contributed by atoms with Gasteiger partial charge in [0.2, 0.25) is 5.91 Å². The number of ether oxygens (including phenoxy) is 1. The van der Waals surface area contributed by atoms with Gasteiger partial charge in [-0.15, -0.1) is 0 Å². The van der Waals surface area contributed by atoms with Crippen LogP contribution >= 0.6 is 0 Å². The molecule has 9 nitrogen and oxygen atoms in total. The Bertz CT molecular complexity index is 669. The molecule has 0 heterocycles. The van der Waals surface area contributed by atoms with Crippen LogP contribution in [0.3, 0.4) is 0 Å². The molecule has 1 unspecified atom stereocenters. The van der Waals surface area contributed by atoms with Crippen molar-refractivity contribution in [2.24, 2.45) is 11.5 Å². The van der Waals surface area contributed by atoms with Crippen LogP contribution in [0.5, 0.6) is 5.75 Å². The molecule has 0 aromatic heterocycles. The molecule has 0 saturated carbocycles. The molecular formula is C17H25N3O6. The van der Waals surface area contributed by atoms with Gasteiger partial charge < -0.3 is 31.7 Å². The minimum Gasteiger partial charge on any atom is -0.508 e. The summed E-state index contributed by atoms with van der Waals surface area (Å²) in [4.78, 5) is 36.5. The van der Waals surface area contributed by atoms with Crippen molar-refractivity contribution >= 4 is 17.7 Å². The molecule has 1 aromatic rings. The summed E-state index contributed by atoms with van der Waals surface area (Å²) >= 11 is 0. The van der Waals surface area contributed by atoms with Crippen molar-refractivity contribution in [3.63, 3.8) is 0 Å². The van der Waals surface area contributed by atoms with E-state index in [-0.39, 0.29) is 18.8 Å². The quantitative estimate of drug-likeness (QED) is 0.350. The molecule has 1 aromatic carbocycles. The van der Waals surface area contributed by atoms with Crippen LogP contribution in [0.25, 0.3) is 1.43 Å². The number of Topliss-reactive ketones (excluding diaryl/α,β-unsaturated/α-hetero) is 1. The highest BCUT2D eigenvalue weighted by Gasteiger charge is 2.43. The van der Waals surface area contributed by atoms with Crippen LogP contribution in [0.1, 0.15) is 31.4 Å². The molecule has 0 radical (unpaired) electrons. The topological polar surface area (TPSA) is 165 Å². The maximum Gasteiger partial charge on any atom is 0.305 e. The fourth-order valence-electron chi connectivity index (χ4n) is 2.43. The number of phenols is 1. The van der Waals surface area contributed by atoms with Gasteiger partial charge in [0.25, 0.3) is 1.43 Å². The predicted octanol–water partition coefficient (Wildman–Crippen LogP) is -0.325. The van der Waals surface area contributed by atoms with Crippen LogP contribution in [-0.4, -0.2) is 53.2 Å². The number of phenolic OH excluding ortho intramolecular Hbond substituents is 1. The SMILES string of the molecule is [2H]OC(=O)C[C@H](N)C(=O)C(N)(CC)C(=O)N[C@@H](COC)c1ccc(O)cc1. The first-order chi connectivity index (χ1) is 12.7. The lowest BCUT2D eigenvalue weighted by Crippen LogP contribution is -2.64. The lowest BCUT2D eigenvalue weighted by molar-refractivity contribution is -0.143. The third-order valence-electron chi connectivity index (χ3n) is 4.06. The second-order valence-electron chi connectivity index (χ2n) is 5.94. The summed E-state index contributed by atoms with van der Waals surface area (Å²) in [5, 5.41) is 15.8. The molecule has 0 aliphatic rings. The van der Waals surface area contributed by atoms with Crippen molar-refractivity contribution < 1.29 is 29.3 Å². The molecule has 1 amide bonds. The molecule has 0 fully saturated rings. The molecule has 3 atom stereocenters. The first-order valence-electron chi connectivity index (χ1n) is 8.44. The molecule has 0 aliphatic carbocycles. The number of amides is 1. The first-order valence-corrected chi connectivity index (χ1v) is 8.03. The Balaban J connectivity index is 3.00. The zero-order valence-electron chi connectivity index (χ0n) is 15.7. The van der Waals surface area contributed by atoms with Crippen molar-refractivity contribution in [3.8, 4) is 5.75 Å². The maximum atomic E-state index is 12.8. The van der Waals surface area contributed by atoms with Crippen LogP contribution in [0.15, 0.2) is 24.3 Å². The summed E-state index contributed by atoms with van der Waals surface area (Å²) < 4.78 is 11.6. The van der Waals surface area contributed by atoms with Gasteiger partial charge >= 0.3 is 5.97 Å². The largest absolute Gasteiger partial charge is 0.508 e. The molecule has 1 rings (SSSR count). The number of benzene rings is 1. The Kier molecular flexibility index (Phi) is 7.07. The fraction of sp³-hybridized carbons (Fsp3) is 0.471. The summed E-state index contributed by atoms with van der Waals surface area (Å²) in [6.07, 6.45) is -0.620. The number of ketones is 1. The highest BCUT2D eigenvalue weighted by atomic mass is 16.5. The minimum atomic E-state index is -1.97. The van der Waals surface area contributed by atoms with E-state index in [1.54, 1.807) is 19.1 Å². The Morgan fingerprint density at radius 3 is 2.46 bits per heavy atom. The highest BCUT2D eigenvalue weighted by Crippen LogP contribution is 2.20. The molecule has 9 heteroatoms. The summed E-state index contributed by atoms with van der Waals surface area (Å²) in [5.41, 5.74) is 10.4. The Morgan fingerprint density at radius 2 is 1.96 bits per heavy atom. The molecule has 7 N–H and O–H groups in total. The highest BCUT2D eigenvalue weighted by molar-refractivity contribution is 6.13. The second-order valence-corrected chi connectivity index (χ2v) is 5.94. The van der Waals surface area contributed by atoms with Gasteiger partial charge in [-0.2, -0.15) is 0 Å². The molecule has 144 valence electrons. The van der Waals surface area contributed by atoms with Crippen LogP contribution in [-0.2, 0) is 19.1 Å². The van der Waals surface area contributed by atoms with Gasteiger partial charge in [-0.25, -0.2) is 0 Å². The molecule has 0 saturated heterocycles. The van der Waals surface area contributed by atoms with Gasteiger partial charge in [0.1, 0.15) is 5.75 Å². The van der Waals surface area contributed by atoms with Crippen LogP contribution in [0, 0.1) is 0 Å². The van der Waals surface area contributed by atoms with Gasteiger partial charge in [0.15, 0.2) is 11.3 Å². The number of hydrogen-bond acceptors (Lipinski definition) is 8. The summed E-state index contributed by atoms with van der Waals surface area (Å²) in [6.45, 7) is 1.64. The predicted molar refractivity (Wildman–Crippen MR) is 93.3 cm³/mol. The van der Waals surface area contributed by atoms with E-state index in [0.29, 0.717) is 5.56 Å². The van der Waals surface area contributed by atoms with E-state index in [4.69, 9.17) is 17.6 Å². The average Bonchev–Trinajstić information content (AvgIpc) is 2.66. The summed E-state index contributed by atoms with van der Waals surface area (Å²) in [7, 11) is 1.45. The Hall–Kier alpha value is -2.49. The van der Waals surface area contributed by atoms with E-state index in [1.807, 2.05) is 0 Å². The summed E-state index contributed by atoms with van der Waals surface area (Å²) in [5.74, 6) is -2.56. The molecular weight excluding hydrogens is 342 g/mol. The number of methoxy groups -OCH3 is 1.